The molecule has 0 aliphatic carbocycles. The molecule has 1 aliphatic heterocycles. The number of anilines is 1. The molecule has 1 amide bonds. The molecule has 6 nitrogen and oxygen atoms in total. The highest BCUT2D eigenvalue weighted by atomic mass is 32.2. The molecule has 0 unspecified atom stereocenters. The largest absolute Gasteiger partial charge is 0.298 e. The van der Waals surface area contributed by atoms with E-state index in [2.05, 4.69) is 10.3 Å². The summed E-state index contributed by atoms with van der Waals surface area (Å²) in [5.74, 6) is -0.942. The van der Waals surface area contributed by atoms with E-state index in [-0.39, 0.29) is 21.4 Å². The number of carbonyl (C=O) groups excluding carboxylic acids is 1. The average Bonchev–Trinajstić information content (AvgIpc) is 3.10. The minimum Gasteiger partial charge on any atom is -0.298 e. The topological polar surface area (TPSA) is 79.4 Å². The van der Waals surface area contributed by atoms with E-state index in [1.807, 2.05) is 0 Å². The third-order valence-corrected chi connectivity index (χ3v) is 7.53. The lowest BCUT2D eigenvalue weighted by Crippen LogP contribution is -2.36. The van der Waals surface area contributed by atoms with E-state index in [4.69, 9.17) is 0 Å². The van der Waals surface area contributed by atoms with Crippen LogP contribution in [0.3, 0.4) is 0 Å². The van der Waals surface area contributed by atoms with E-state index >= 15 is 0 Å². The van der Waals surface area contributed by atoms with Gasteiger partial charge in [0.15, 0.2) is 5.13 Å². The molecule has 28 heavy (non-hydrogen) atoms. The second-order valence-corrected chi connectivity index (χ2v) is 9.48. The molecule has 9 heteroatoms. The van der Waals surface area contributed by atoms with Crippen molar-refractivity contribution in [2.75, 3.05) is 18.4 Å². The Labute approximate surface area is 166 Å². The number of piperidine rings is 1. The molecule has 3 aromatic rings. The van der Waals surface area contributed by atoms with Crippen molar-refractivity contribution in [1.29, 1.82) is 0 Å². The van der Waals surface area contributed by atoms with Crippen LogP contribution < -0.4 is 5.32 Å². The van der Waals surface area contributed by atoms with E-state index in [0.717, 1.165) is 30.6 Å². The summed E-state index contributed by atoms with van der Waals surface area (Å²) in [5, 5.41) is 2.93. The Morgan fingerprint density at radius 2 is 1.86 bits per heavy atom. The Morgan fingerprint density at radius 1 is 1.11 bits per heavy atom. The number of aromatic nitrogens is 1. The normalized spacial score (nSPS) is 15.6. The molecule has 1 N–H and O–H groups in total. The number of hydrogen-bond donors (Lipinski definition) is 1. The van der Waals surface area contributed by atoms with Crippen molar-refractivity contribution < 1.29 is 17.6 Å². The number of rotatable bonds is 4. The first-order valence-electron chi connectivity index (χ1n) is 8.92. The summed E-state index contributed by atoms with van der Waals surface area (Å²) < 4.78 is 41.5. The van der Waals surface area contributed by atoms with Gasteiger partial charge in [0.25, 0.3) is 5.91 Å². The summed E-state index contributed by atoms with van der Waals surface area (Å²) in [6, 6.07) is 10.3. The van der Waals surface area contributed by atoms with Gasteiger partial charge >= 0.3 is 0 Å². The van der Waals surface area contributed by atoms with Gasteiger partial charge in [-0.1, -0.05) is 29.9 Å². The zero-order chi connectivity index (χ0) is 19.7. The molecule has 2 heterocycles. The van der Waals surface area contributed by atoms with Crippen LogP contribution in [0.1, 0.15) is 29.6 Å². The van der Waals surface area contributed by atoms with Gasteiger partial charge in [0.1, 0.15) is 5.82 Å². The lowest BCUT2D eigenvalue weighted by molar-refractivity contribution is 0.102. The molecule has 0 spiro atoms. The first kappa shape index (κ1) is 19.0. The minimum atomic E-state index is -3.75. The van der Waals surface area contributed by atoms with E-state index in [0.29, 0.717) is 23.3 Å². The fourth-order valence-corrected chi connectivity index (χ4v) is 5.83. The Balaban J connectivity index is 1.64. The molecule has 0 bridgehead atoms. The molecule has 1 aliphatic rings. The summed E-state index contributed by atoms with van der Waals surface area (Å²) >= 11 is 1.13. The average molecular weight is 420 g/mol. The minimum absolute atomic E-state index is 0.0124. The number of sulfonamides is 1. The second kappa shape index (κ2) is 7.57. The monoisotopic (exact) mass is 419 g/mol. The summed E-state index contributed by atoms with van der Waals surface area (Å²) in [4.78, 5) is 17.1. The van der Waals surface area contributed by atoms with Crippen molar-refractivity contribution >= 4 is 42.6 Å². The van der Waals surface area contributed by atoms with E-state index in [1.165, 1.54) is 34.6 Å². The highest BCUT2D eigenvalue weighted by Crippen LogP contribution is 2.28. The molecular weight excluding hydrogens is 401 g/mol. The molecular formula is C19H18FN3O3S2. The van der Waals surface area contributed by atoms with Crippen LogP contribution in [0, 0.1) is 5.82 Å². The first-order chi connectivity index (χ1) is 13.4. The van der Waals surface area contributed by atoms with E-state index in [9.17, 15) is 17.6 Å². The quantitative estimate of drug-likeness (QED) is 0.696. The van der Waals surface area contributed by atoms with Gasteiger partial charge in [-0.15, -0.1) is 0 Å². The lowest BCUT2D eigenvalue weighted by Gasteiger charge is -2.26. The number of nitrogens with zero attached hydrogens (tertiary/aromatic N) is 2. The van der Waals surface area contributed by atoms with Gasteiger partial charge in [-0.3, -0.25) is 10.1 Å². The standard InChI is InChI=1S/C19H18FN3O3S2/c20-13-8-9-15-16(12-13)27-19(21-15)22-18(24)14-6-2-3-7-17(14)28(25,26)23-10-4-1-5-11-23/h2-3,6-9,12H,1,4-5,10-11H2,(H,21,22,24). The molecule has 2 aromatic carbocycles. The number of thiazole rings is 1. The SMILES string of the molecule is O=C(Nc1nc2ccc(F)cc2s1)c1ccccc1S(=O)(=O)N1CCCCC1. The van der Waals surface area contributed by atoms with Crippen LogP contribution in [-0.4, -0.2) is 36.7 Å². The van der Waals surface area contributed by atoms with E-state index in [1.54, 1.807) is 12.1 Å². The van der Waals surface area contributed by atoms with Gasteiger partial charge < -0.3 is 0 Å². The Kier molecular flexibility index (Phi) is 5.13. The maximum Gasteiger partial charge on any atom is 0.258 e. The highest BCUT2D eigenvalue weighted by molar-refractivity contribution is 7.89. The number of halogens is 1. The summed E-state index contributed by atoms with van der Waals surface area (Å²) in [5.41, 5.74) is 0.634. The molecule has 0 radical (unpaired) electrons. The Hall–Kier alpha value is -2.36. The maximum atomic E-state index is 13.4. The fraction of sp³-hybridized carbons (Fsp3) is 0.263. The fourth-order valence-electron chi connectivity index (χ4n) is 3.24. The predicted octanol–water partition coefficient (Wildman–Crippen LogP) is 3.86. The van der Waals surface area contributed by atoms with Crippen LogP contribution in [0.5, 0.6) is 0 Å². The van der Waals surface area contributed by atoms with Crippen molar-refractivity contribution in [2.45, 2.75) is 24.2 Å². The number of fused-ring (bicyclic) bond motifs is 1. The third kappa shape index (κ3) is 3.65. The Bertz CT molecular complexity index is 1140. The van der Waals surface area contributed by atoms with Crippen LogP contribution in [0.15, 0.2) is 47.4 Å². The lowest BCUT2D eigenvalue weighted by atomic mass is 10.2. The van der Waals surface area contributed by atoms with Crippen LogP contribution >= 0.6 is 11.3 Å². The number of hydrogen-bond acceptors (Lipinski definition) is 5. The summed E-state index contributed by atoms with van der Waals surface area (Å²) in [6.07, 6.45) is 2.64. The van der Waals surface area contributed by atoms with Crippen molar-refractivity contribution in [2.24, 2.45) is 0 Å². The van der Waals surface area contributed by atoms with Crippen LogP contribution in [0.2, 0.25) is 0 Å². The number of amides is 1. The second-order valence-electron chi connectivity index (χ2n) is 6.55. The van der Waals surface area contributed by atoms with Gasteiger partial charge in [-0.25, -0.2) is 17.8 Å². The molecule has 4 rings (SSSR count). The summed E-state index contributed by atoms with van der Waals surface area (Å²) in [7, 11) is -3.75. The molecule has 0 atom stereocenters. The smallest absolute Gasteiger partial charge is 0.258 e. The molecule has 1 aromatic heterocycles. The number of nitrogens with one attached hydrogen (secondary N) is 1. The molecule has 146 valence electrons. The number of carbonyl (C=O) groups is 1. The van der Waals surface area contributed by atoms with Crippen molar-refractivity contribution in [3.05, 3.63) is 53.8 Å². The van der Waals surface area contributed by atoms with Crippen molar-refractivity contribution in [3.8, 4) is 0 Å². The zero-order valence-corrected chi connectivity index (χ0v) is 16.5. The molecule has 0 saturated carbocycles. The van der Waals surface area contributed by atoms with Crippen LogP contribution in [0.4, 0.5) is 9.52 Å². The summed E-state index contributed by atoms with van der Waals surface area (Å²) in [6.45, 7) is 0.920. The van der Waals surface area contributed by atoms with Gasteiger partial charge in [0, 0.05) is 13.1 Å². The third-order valence-electron chi connectivity index (χ3n) is 4.64. The molecule has 1 fully saturated rings. The number of benzene rings is 2. The van der Waals surface area contributed by atoms with Gasteiger partial charge in [0.05, 0.1) is 20.7 Å². The Morgan fingerprint density at radius 3 is 2.64 bits per heavy atom. The highest BCUT2D eigenvalue weighted by Gasteiger charge is 2.30. The zero-order valence-electron chi connectivity index (χ0n) is 14.9. The van der Waals surface area contributed by atoms with Crippen LogP contribution in [-0.2, 0) is 10.0 Å². The maximum absolute atomic E-state index is 13.4. The van der Waals surface area contributed by atoms with E-state index < -0.39 is 15.9 Å². The van der Waals surface area contributed by atoms with Gasteiger partial charge in [-0.2, -0.15) is 4.31 Å². The molecule has 1 saturated heterocycles. The predicted molar refractivity (Wildman–Crippen MR) is 107 cm³/mol. The van der Waals surface area contributed by atoms with Crippen molar-refractivity contribution in [3.63, 3.8) is 0 Å². The van der Waals surface area contributed by atoms with Gasteiger partial charge in [-0.05, 0) is 43.2 Å². The van der Waals surface area contributed by atoms with Crippen LogP contribution in [0.25, 0.3) is 10.2 Å². The van der Waals surface area contributed by atoms with Gasteiger partial charge in [0.2, 0.25) is 10.0 Å². The van der Waals surface area contributed by atoms with Crippen molar-refractivity contribution in [1.82, 2.24) is 9.29 Å². The first-order valence-corrected chi connectivity index (χ1v) is 11.2.